The Kier molecular flexibility index (Phi) is 5.05. The molecule has 8 heteroatoms. The molecule has 1 aromatic heterocycles. The molecule has 4 aromatic rings. The Morgan fingerprint density at radius 2 is 1.90 bits per heavy atom. The van der Waals surface area contributed by atoms with Crippen LogP contribution in [0.1, 0.15) is 16.2 Å². The number of hydrogen-bond donors (Lipinski definition) is 1. The van der Waals surface area contributed by atoms with Gasteiger partial charge in [0.05, 0.1) is 16.6 Å². The van der Waals surface area contributed by atoms with E-state index in [-0.39, 0.29) is 17.9 Å². The minimum Gasteiger partial charge on any atom is -0.486 e. The third kappa shape index (κ3) is 3.93. The number of rotatable bonds is 6. The van der Waals surface area contributed by atoms with Crippen LogP contribution in [0.3, 0.4) is 0 Å². The average molecular weight is 410 g/mol. The first-order valence-corrected chi connectivity index (χ1v) is 8.95. The molecule has 0 aliphatic rings. The van der Waals surface area contributed by atoms with Crippen LogP contribution < -0.4 is 9.47 Å². The smallest absolute Gasteiger partial charge is 0.335 e. The summed E-state index contributed by atoms with van der Waals surface area (Å²) < 4.78 is 39.9. The highest BCUT2D eigenvalue weighted by molar-refractivity contribution is 5.88. The molecule has 0 saturated carbocycles. The van der Waals surface area contributed by atoms with E-state index in [2.05, 4.69) is 4.98 Å². The number of carboxylic acids is 1. The number of nitrogens with zero attached hydrogens (tertiary/aromatic N) is 2. The van der Waals surface area contributed by atoms with E-state index in [1.165, 1.54) is 18.2 Å². The standard InChI is InChI=1S/C22H16F2N2O4/c1-26-19-11-16(30-20-8-5-14(23)10-17(20)24)6-7-18(19)25-21(26)12-29-15-4-2-3-13(9-15)22(27)28/h2-11H,12H2,1H3,(H,27,28). The molecule has 0 saturated heterocycles. The summed E-state index contributed by atoms with van der Waals surface area (Å²) in [4.78, 5) is 15.6. The van der Waals surface area contributed by atoms with Crippen molar-refractivity contribution in [3.8, 4) is 17.2 Å². The van der Waals surface area contributed by atoms with Crippen LogP contribution in [0.4, 0.5) is 8.78 Å². The summed E-state index contributed by atoms with van der Waals surface area (Å²) in [6.45, 7) is 0.122. The molecule has 0 amide bonds. The molecule has 0 aliphatic heterocycles. The highest BCUT2D eigenvalue weighted by Crippen LogP contribution is 2.28. The first kappa shape index (κ1) is 19.4. The molecular weight excluding hydrogens is 394 g/mol. The molecule has 0 unspecified atom stereocenters. The van der Waals surface area contributed by atoms with Crippen LogP contribution >= 0.6 is 0 Å². The fourth-order valence-corrected chi connectivity index (χ4v) is 2.96. The number of benzene rings is 3. The zero-order chi connectivity index (χ0) is 21.3. The zero-order valence-electron chi connectivity index (χ0n) is 15.8. The minimum atomic E-state index is -1.03. The predicted molar refractivity (Wildman–Crippen MR) is 105 cm³/mol. The lowest BCUT2D eigenvalue weighted by Gasteiger charge is -2.08. The van der Waals surface area contributed by atoms with Crippen molar-refractivity contribution >= 4 is 17.0 Å². The van der Waals surface area contributed by atoms with Crippen LogP contribution in [0.5, 0.6) is 17.2 Å². The van der Waals surface area contributed by atoms with Crippen LogP contribution in [0.2, 0.25) is 0 Å². The van der Waals surface area contributed by atoms with Crippen LogP contribution in [0, 0.1) is 11.6 Å². The Hall–Kier alpha value is -3.94. The Balaban J connectivity index is 1.55. The zero-order valence-corrected chi connectivity index (χ0v) is 15.8. The SMILES string of the molecule is Cn1c(COc2cccc(C(=O)O)c2)nc2ccc(Oc3ccc(F)cc3F)cc21. The van der Waals surface area contributed by atoms with Gasteiger partial charge >= 0.3 is 5.97 Å². The van der Waals surface area contributed by atoms with Crippen molar-refractivity contribution in [3.05, 3.63) is 83.7 Å². The van der Waals surface area contributed by atoms with Gasteiger partial charge in [0.2, 0.25) is 0 Å². The second-order valence-electron chi connectivity index (χ2n) is 6.54. The van der Waals surface area contributed by atoms with Gasteiger partial charge in [-0.2, -0.15) is 0 Å². The first-order valence-electron chi connectivity index (χ1n) is 8.95. The van der Waals surface area contributed by atoms with Gasteiger partial charge in [-0.05, 0) is 42.5 Å². The van der Waals surface area contributed by atoms with E-state index < -0.39 is 17.6 Å². The molecule has 0 fully saturated rings. The van der Waals surface area contributed by atoms with Crippen molar-refractivity contribution in [1.82, 2.24) is 9.55 Å². The topological polar surface area (TPSA) is 73.6 Å². The maximum Gasteiger partial charge on any atom is 0.335 e. The summed E-state index contributed by atoms with van der Waals surface area (Å²) in [6, 6.07) is 14.3. The Morgan fingerprint density at radius 3 is 2.67 bits per heavy atom. The minimum absolute atomic E-state index is 0.0835. The van der Waals surface area contributed by atoms with E-state index in [4.69, 9.17) is 14.6 Å². The average Bonchev–Trinajstić information content (AvgIpc) is 3.04. The molecular formula is C22H16F2N2O4. The van der Waals surface area contributed by atoms with Crippen LogP contribution in [-0.4, -0.2) is 20.6 Å². The third-order valence-electron chi connectivity index (χ3n) is 4.52. The van der Waals surface area contributed by atoms with Gasteiger partial charge in [-0.1, -0.05) is 6.07 Å². The Morgan fingerprint density at radius 1 is 1.07 bits per heavy atom. The number of halogens is 2. The highest BCUT2D eigenvalue weighted by Gasteiger charge is 2.12. The number of carbonyl (C=O) groups is 1. The van der Waals surface area contributed by atoms with Gasteiger partial charge in [-0.3, -0.25) is 0 Å². The van der Waals surface area contributed by atoms with E-state index in [1.54, 1.807) is 41.9 Å². The van der Waals surface area contributed by atoms with Crippen molar-refractivity contribution in [1.29, 1.82) is 0 Å². The number of carboxylic acid groups (broad SMARTS) is 1. The summed E-state index contributed by atoms with van der Waals surface area (Å²) in [5.74, 6) is -1.20. The van der Waals surface area contributed by atoms with Crippen LogP contribution in [-0.2, 0) is 13.7 Å². The van der Waals surface area contributed by atoms with E-state index in [9.17, 15) is 13.6 Å². The Bertz CT molecular complexity index is 1250. The maximum atomic E-state index is 13.8. The van der Waals surface area contributed by atoms with Gasteiger partial charge in [-0.25, -0.2) is 18.6 Å². The summed E-state index contributed by atoms with van der Waals surface area (Å²) >= 11 is 0. The van der Waals surface area contributed by atoms with Gasteiger partial charge < -0.3 is 19.1 Å². The lowest BCUT2D eigenvalue weighted by molar-refractivity contribution is 0.0696. The monoisotopic (exact) mass is 410 g/mol. The molecule has 3 aromatic carbocycles. The fourth-order valence-electron chi connectivity index (χ4n) is 2.96. The molecule has 0 spiro atoms. The van der Waals surface area contributed by atoms with Crippen molar-refractivity contribution in [3.63, 3.8) is 0 Å². The molecule has 0 radical (unpaired) electrons. The molecule has 0 bridgehead atoms. The number of aryl methyl sites for hydroxylation is 1. The summed E-state index contributed by atoms with van der Waals surface area (Å²) in [7, 11) is 1.80. The van der Waals surface area contributed by atoms with Crippen LogP contribution in [0.25, 0.3) is 11.0 Å². The second-order valence-corrected chi connectivity index (χ2v) is 6.54. The number of aromatic carboxylic acids is 1. The largest absolute Gasteiger partial charge is 0.486 e. The number of hydrogen-bond acceptors (Lipinski definition) is 4. The number of imidazole rings is 1. The Labute approximate surface area is 169 Å². The molecule has 0 atom stereocenters. The summed E-state index contributed by atoms with van der Waals surface area (Å²) in [5.41, 5.74) is 1.54. The number of ether oxygens (including phenoxy) is 2. The second kappa shape index (κ2) is 7.82. The predicted octanol–water partition coefficient (Wildman–Crippen LogP) is 4.92. The van der Waals surface area contributed by atoms with Gasteiger partial charge in [0, 0.05) is 19.2 Å². The molecule has 6 nitrogen and oxygen atoms in total. The van der Waals surface area contributed by atoms with Crippen molar-refractivity contribution in [2.24, 2.45) is 7.05 Å². The fraction of sp³-hybridized carbons (Fsp3) is 0.0909. The highest BCUT2D eigenvalue weighted by atomic mass is 19.1. The van der Waals surface area contributed by atoms with Gasteiger partial charge in [0.25, 0.3) is 0 Å². The maximum absolute atomic E-state index is 13.8. The number of aromatic nitrogens is 2. The van der Waals surface area contributed by atoms with E-state index in [0.29, 0.717) is 22.8 Å². The molecule has 1 N–H and O–H groups in total. The third-order valence-corrected chi connectivity index (χ3v) is 4.52. The van der Waals surface area contributed by atoms with Crippen LogP contribution in [0.15, 0.2) is 60.7 Å². The molecule has 152 valence electrons. The molecule has 30 heavy (non-hydrogen) atoms. The normalized spacial score (nSPS) is 10.9. The molecule has 4 rings (SSSR count). The molecule has 1 heterocycles. The lowest BCUT2D eigenvalue weighted by Crippen LogP contribution is -2.04. The first-order chi connectivity index (χ1) is 14.4. The van der Waals surface area contributed by atoms with Gasteiger partial charge in [0.1, 0.15) is 29.7 Å². The number of fused-ring (bicyclic) bond motifs is 1. The van der Waals surface area contributed by atoms with E-state index in [1.807, 2.05) is 0 Å². The van der Waals surface area contributed by atoms with Crippen molar-refractivity contribution < 1.29 is 28.2 Å². The summed E-state index contributed by atoms with van der Waals surface area (Å²) in [5, 5.41) is 9.07. The van der Waals surface area contributed by atoms with E-state index in [0.717, 1.165) is 17.6 Å². The quantitative estimate of drug-likeness (QED) is 0.488. The van der Waals surface area contributed by atoms with Crippen molar-refractivity contribution in [2.75, 3.05) is 0 Å². The van der Waals surface area contributed by atoms with E-state index >= 15 is 0 Å². The molecule has 0 aliphatic carbocycles. The van der Waals surface area contributed by atoms with Crippen molar-refractivity contribution in [2.45, 2.75) is 6.61 Å². The van der Waals surface area contributed by atoms with Gasteiger partial charge in [0.15, 0.2) is 11.6 Å². The van der Waals surface area contributed by atoms with Gasteiger partial charge in [-0.15, -0.1) is 0 Å². The lowest BCUT2D eigenvalue weighted by atomic mass is 10.2. The summed E-state index contributed by atoms with van der Waals surface area (Å²) in [6.07, 6.45) is 0.